The van der Waals surface area contributed by atoms with Crippen molar-refractivity contribution in [2.24, 2.45) is 0 Å². The highest BCUT2D eigenvalue weighted by molar-refractivity contribution is 9.10. The molecule has 0 spiro atoms. The molecule has 0 radical (unpaired) electrons. The van der Waals surface area contributed by atoms with Gasteiger partial charge in [0.15, 0.2) is 0 Å². The Morgan fingerprint density at radius 1 is 1.12 bits per heavy atom. The van der Waals surface area contributed by atoms with E-state index in [9.17, 15) is 13.2 Å². The molecule has 3 rings (SSSR count). The molecule has 1 amide bonds. The summed E-state index contributed by atoms with van der Waals surface area (Å²) >= 11 is 3.37. The molecule has 0 aliphatic carbocycles. The first-order valence-electron chi connectivity index (χ1n) is 8.46. The molecule has 2 fully saturated rings. The second-order valence-corrected chi connectivity index (χ2v) is 9.72. The minimum Gasteiger partial charge on any atom is -0.465 e. The van der Waals surface area contributed by atoms with Gasteiger partial charge in [-0.1, -0.05) is 0 Å². The third-order valence-corrected chi connectivity index (χ3v) is 7.98. The zero-order valence-electron chi connectivity index (χ0n) is 13.8. The lowest BCUT2D eigenvalue weighted by atomic mass is 9.94. The summed E-state index contributed by atoms with van der Waals surface area (Å²) in [6.45, 7) is 1.59. The van der Waals surface area contributed by atoms with Crippen LogP contribution in [0.1, 0.15) is 37.3 Å². The normalized spacial score (nSPS) is 21.4. The van der Waals surface area contributed by atoms with Gasteiger partial charge in [0.25, 0.3) is 0 Å². The molecule has 1 aromatic heterocycles. The molecular weight excluding hydrogens is 410 g/mol. The average Bonchev–Trinajstić information content (AvgIpc) is 2.62. The number of piperidine rings is 2. The smallest absolute Gasteiger partial charge is 0.407 e. The van der Waals surface area contributed by atoms with Gasteiger partial charge in [-0.05, 0) is 53.7 Å². The summed E-state index contributed by atoms with van der Waals surface area (Å²) in [5, 5.41) is 8.52. The zero-order valence-corrected chi connectivity index (χ0v) is 16.2. The lowest BCUT2D eigenvalue weighted by Crippen LogP contribution is -2.48. The maximum atomic E-state index is 12.8. The van der Waals surface area contributed by atoms with E-state index in [-0.39, 0.29) is 5.92 Å². The minimum absolute atomic E-state index is 0.286. The van der Waals surface area contributed by atoms with Crippen molar-refractivity contribution in [3.8, 4) is 0 Å². The maximum Gasteiger partial charge on any atom is 0.407 e. The summed E-state index contributed by atoms with van der Waals surface area (Å²) in [6.07, 6.45) is 3.09. The number of sulfonamides is 1. The molecule has 9 heteroatoms. The van der Waals surface area contributed by atoms with E-state index in [1.54, 1.807) is 10.5 Å². The van der Waals surface area contributed by atoms with Crippen LogP contribution in [0.2, 0.25) is 0 Å². The fraction of sp³-hybridized carbons (Fsp3) is 0.625. The molecule has 7 nitrogen and oxygen atoms in total. The van der Waals surface area contributed by atoms with Gasteiger partial charge in [-0.2, -0.15) is 0 Å². The summed E-state index contributed by atoms with van der Waals surface area (Å²) in [5.41, 5.74) is 1.01. The van der Waals surface area contributed by atoms with Gasteiger partial charge in [-0.15, -0.1) is 0 Å². The van der Waals surface area contributed by atoms with Gasteiger partial charge in [0.05, 0.1) is 5.25 Å². The van der Waals surface area contributed by atoms with Crippen molar-refractivity contribution >= 4 is 32.0 Å². The van der Waals surface area contributed by atoms with E-state index >= 15 is 0 Å². The van der Waals surface area contributed by atoms with E-state index in [2.05, 4.69) is 20.9 Å². The summed E-state index contributed by atoms with van der Waals surface area (Å²) in [4.78, 5) is 16.7. The van der Waals surface area contributed by atoms with Gasteiger partial charge in [0.1, 0.15) is 0 Å². The van der Waals surface area contributed by atoms with E-state index in [0.29, 0.717) is 39.0 Å². The first kappa shape index (κ1) is 18.6. The Kier molecular flexibility index (Phi) is 5.65. The number of nitrogens with zero attached hydrogens (tertiary/aromatic N) is 3. The van der Waals surface area contributed by atoms with Crippen LogP contribution in [0, 0.1) is 0 Å². The molecule has 138 valence electrons. The monoisotopic (exact) mass is 431 g/mol. The number of rotatable bonds is 3. The summed E-state index contributed by atoms with van der Waals surface area (Å²) in [6, 6.07) is 3.95. The van der Waals surface area contributed by atoms with Crippen molar-refractivity contribution in [1.29, 1.82) is 0 Å². The van der Waals surface area contributed by atoms with E-state index in [0.717, 1.165) is 23.0 Å². The number of hydrogen-bond donors (Lipinski definition) is 1. The zero-order chi connectivity index (χ0) is 18.0. The van der Waals surface area contributed by atoms with Crippen LogP contribution in [0.25, 0.3) is 0 Å². The number of halogens is 1. The Balaban J connectivity index is 1.58. The number of aromatic nitrogens is 1. The van der Waals surface area contributed by atoms with Crippen LogP contribution >= 0.6 is 15.9 Å². The number of carboxylic acid groups (broad SMARTS) is 1. The fourth-order valence-corrected chi connectivity index (χ4v) is 5.77. The number of likely N-dealkylation sites (tertiary alicyclic amines) is 1. The quantitative estimate of drug-likeness (QED) is 0.793. The topological polar surface area (TPSA) is 90.8 Å². The van der Waals surface area contributed by atoms with E-state index < -0.39 is 21.4 Å². The predicted molar refractivity (Wildman–Crippen MR) is 97.0 cm³/mol. The second-order valence-electron chi connectivity index (χ2n) is 6.59. The molecule has 2 aliphatic heterocycles. The number of pyridine rings is 1. The van der Waals surface area contributed by atoms with Gasteiger partial charge in [0.2, 0.25) is 10.0 Å². The highest BCUT2D eigenvalue weighted by Crippen LogP contribution is 2.31. The molecule has 1 aromatic rings. The van der Waals surface area contributed by atoms with Crippen LogP contribution in [-0.4, -0.2) is 65.2 Å². The second kappa shape index (κ2) is 7.59. The predicted octanol–water partition coefficient (Wildman–Crippen LogP) is 2.50. The van der Waals surface area contributed by atoms with Gasteiger partial charge in [-0.3, -0.25) is 4.98 Å². The van der Waals surface area contributed by atoms with Gasteiger partial charge in [0, 0.05) is 48.5 Å². The van der Waals surface area contributed by atoms with Crippen molar-refractivity contribution < 1.29 is 18.3 Å². The molecule has 0 bridgehead atoms. The maximum absolute atomic E-state index is 12.8. The Bertz CT molecular complexity index is 709. The number of carbonyl (C=O) groups is 1. The Hall–Kier alpha value is -1.19. The molecule has 25 heavy (non-hydrogen) atoms. The SMILES string of the molecule is O=C(O)N1CCC(S(=O)(=O)N2CCC(c3ccc(Br)cn3)CC2)CC1. The van der Waals surface area contributed by atoms with Crippen molar-refractivity contribution in [3.05, 3.63) is 28.5 Å². The number of amides is 1. The van der Waals surface area contributed by atoms with Crippen molar-refractivity contribution in [2.45, 2.75) is 36.9 Å². The Morgan fingerprint density at radius 3 is 2.28 bits per heavy atom. The van der Waals surface area contributed by atoms with E-state index in [1.165, 1.54) is 4.90 Å². The summed E-state index contributed by atoms with van der Waals surface area (Å²) < 4.78 is 28.2. The Morgan fingerprint density at radius 2 is 1.76 bits per heavy atom. The van der Waals surface area contributed by atoms with Crippen LogP contribution in [0.15, 0.2) is 22.8 Å². The Labute approximate surface area is 156 Å². The largest absolute Gasteiger partial charge is 0.465 e. The van der Waals surface area contributed by atoms with E-state index in [1.807, 2.05) is 12.1 Å². The summed E-state index contributed by atoms with van der Waals surface area (Å²) in [7, 11) is -3.36. The average molecular weight is 432 g/mol. The fourth-order valence-electron chi connectivity index (χ4n) is 3.59. The van der Waals surface area contributed by atoms with Crippen molar-refractivity contribution in [3.63, 3.8) is 0 Å². The van der Waals surface area contributed by atoms with Crippen LogP contribution in [-0.2, 0) is 10.0 Å². The van der Waals surface area contributed by atoms with Crippen molar-refractivity contribution in [2.75, 3.05) is 26.2 Å². The van der Waals surface area contributed by atoms with E-state index in [4.69, 9.17) is 5.11 Å². The first-order chi connectivity index (χ1) is 11.9. The molecule has 3 heterocycles. The standard InChI is InChI=1S/C16H22BrN3O4S/c17-13-1-2-15(18-11-13)12-3-9-20(10-4-12)25(23,24)14-5-7-19(8-6-14)16(21)22/h1-2,11-12,14H,3-10H2,(H,21,22). The molecular formula is C16H22BrN3O4S. The molecule has 0 aromatic carbocycles. The lowest BCUT2D eigenvalue weighted by molar-refractivity contribution is 0.135. The van der Waals surface area contributed by atoms with Crippen LogP contribution < -0.4 is 0 Å². The van der Waals surface area contributed by atoms with Gasteiger partial charge < -0.3 is 10.0 Å². The molecule has 0 atom stereocenters. The van der Waals surface area contributed by atoms with Crippen LogP contribution in [0.5, 0.6) is 0 Å². The first-order valence-corrected chi connectivity index (χ1v) is 10.8. The minimum atomic E-state index is -3.36. The third-order valence-electron chi connectivity index (χ3n) is 5.12. The molecule has 2 aliphatic rings. The third kappa shape index (κ3) is 4.15. The van der Waals surface area contributed by atoms with Crippen LogP contribution in [0.4, 0.5) is 4.79 Å². The van der Waals surface area contributed by atoms with Gasteiger partial charge >= 0.3 is 6.09 Å². The lowest BCUT2D eigenvalue weighted by Gasteiger charge is -2.36. The molecule has 0 unspecified atom stereocenters. The highest BCUT2D eigenvalue weighted by atomic mass is 79.9. The highest BCUT2D eigenvalue weighted by Gasteiger charge is 2.37. The summed E-state index contributed by atoms with van der Waals surface area (Å²) in [5.74, 6) is 0.286. The van der Waals surface area contributed by atoms with Crippen LogP contribution in [0.3, 0.4) is 0 Å². The molecule has 2 saturated heterocycles. The van der Waals surface area contributed by atoms with Crippen molar-refractivity contribution in [1.82, 2.24) is 14.2 Å². The molecule has 1 N–H and O–H groups in total. The number of hydrogen-bond acceptors (Lipinski definition) is 4. The van der Waals surface area contributed by atoms with Gasteiger partial charge in [-0.25, -0.2) is 17.5 Å². The molecule has 0 saturated carbocycles.